The van der Waals surface area contributed by atoms with Gasteiger partial charge in [0.05, 0.1) is 24.9 Å². The van der Waals surface area contributed by atoms with Crippen LogP contribution in [0.25, 0.3) is 0 Å². The van der Waals surface area contributed by atoms with Gasteiger partial charge in [-0.25, -0.2) is 4.79 Å². The predicted octanol–water partition coefficient (Wildman–Crippen LogP) is 2.25. The molecule has 0 unspecified atom stereocenters. The van der Waals surface area contributed by atoms with Crippen molar-refractivity contribution in [2.45, 2.75) is 56.7 Å². The first kappa shape index (κ1) is 14.8. The highest BCUT2D eigenvalue weighted by molar-refractivity contribution is 5.75. The number of hydrogen-bond donors (Lipinski definition) is 0. The van der Waals surface area contributed by atoms with Crippen LogP contribution in [-0.4, -0.2) is 66.9 Å². The van der Waals surface area contributed by atoms with E-state index >= 15 is 0 Å². The van der Waals surface area contributed by atoms with Crippen molar-refractivity contribution in [2.75, 3.05) is 39.4 Å². The standard InChI is InChI=1S/C17H28N2O3/c20-16(18-7-1-2-8-18)19-9-3-6-17(13-19)10-15(12-22-17)21-11-14-4-5-14/h14-15H,1-13H2/t15-,17+/m1/s1. The van der Waals surface area contributed by atoms with Crippen LogP contribution in [-0.2, 0) is 9.47 Å². The predicted molar refractivity (Wildman–Crippen MR) is 82.8 cm³/mol. The third-order valence-electron chi connectivity index (χ3n) is 5.63. The van der Waals surface area contributed by atoms with Gasteiger partial charge in [0.1, 0.15) is 0 Å². The number of carbonyl (C=O) groups excluding carboxylic acids is 1. The van der Waals surface area contributed by atoms with Crippen molar-refractivity contribution in [3.63, 3.8) is 0 Å². The molecule has 4 fully saturated rings. The van der Waals surface area contributed by atoms with Crippen LogP contribution in [0.1, 0.15) is 44.9 Å². The first-order valence-corrected chi connectivity index (χ1v) is 9.04. The molecule has 3 saturated heterocycles. The molecule has 1 spiro atoms. The molecule has 0 N–H and O–H groups in total. The minimum atomic E-state index is -0.137. The normalized spacial score (nSPS) is 35.5. The van der Waals surface area contributed by atoms with Crippen LogP contribution in [0.4, 0.5) is 4.79 Å². The SMILES string of the molecule is O=C(N1CCCC1)N1CCC[C@]2(C[C@@H](OCC3CC3)CO2)C1. The summed E-state index contributed by atoms with van der Waals surface area (Å²) in [6.45, 7) is 5.10. The fourth-order valence-corrected chi connectivity index (χ4v) is 4.12. The number of likely N-dealkylation sites (tertiary alicyclic amines) is 2. The van der Waals surface area contributed by atoms with Crippen LogP contribution in [0.5, 0.6) is 0 Å². The van der Waals surface area contributed by atoms with Crippen molar-refractivity contribution in [2.24, 2.45) is 5.92 Å². The number of urea groups is 1. The van der Waals surface area contributed by atoms with Crippen LogP contribution >= 0.6 is 0 Å². The van der Waals surface area contributed by atoms with Crippen molar-refractivity contribution >= 4 is 6.03 Å². The Morgan fingerprint density at radius 1 is 1.14 bits per heavy atom. The van der Waals surface area contributed by atoms with Crippen molar-refractivity contribution in [1.29, 1.82) is 0 Å². The number of rotatable bonds is 3. The van der Waals surface area contributed by atoms with Gasteiger partial charge in [0, 0.05) is 32.7 Å². The highest BCUT2D eigenvalue weighted by Crippen LogP contribution is 2.37. The topological polar surface area (TPSA) is 42.0 Å². The molecule has 4 aliphatic rings. The van der Waals surface area contributed by atoms with Gasteiger partial charge in [-0.05, 0) is 44.4 Å². The summed E-state index contributed by atoms with van der Waals surface area (Å²) >= 11 is 0. The molecule has 3 aliphatic heterocycles. The number of carbonyl (C=O) groups is 1. The van der Waals surface area contributed by atoms with E-state index in [-0.39, 0.29) is 17.7 Å². The zero-order valence-electron chi connectivity index (χ0n) is 13.5. The Morgan fingerprint density at radius 3 is 2.68 bits per heavy atom. The Morgan fingerprint density at radius 2 is 1.91 bits per heavy atom. The summed E-state index contributed by atoms with van der Waals surface area (Å²) < 4.78 is 12.2. The average Bonchev–Trinajstić information content (AvgIpc) is 3.05. The van der Waals surface area contributed by atoms with E-state index in [1.807, 2.05) is 9.80 Å². The fourth-order valence-electron chi connectivity index (χ4n) is 4.12. The monoisotopic (exact) mass is 308 g/mol. The first-order valence-electron chi connectivity index (χ1n) is 9.04. The molecule has 0 aromatic carbocycles. The van der Waals surface area contributed by atoms with Crippen molar-refractivity contribution < 1.29 is 14.3 Å². The summed E-state index contributed by atoms with van der Waals surface area (Å²) in [6.07, 6.45) is 8.28. The fraction of sp³-hybridized carbons (Fsp3) is 0.941. The lowest BCUT2D eigenvalue weighted by Crippen LogP contribution is -2.53. The van der Waals surface area contributed by atoms with Crippen molar-refractivity contribution in [3.05, 3.63) is 0 Å². The smallest absolute Gasteiger partial charge is 0.320 e. The Bertz CT molecular complexity index is 420. The Hall–Kier alpha value is -0.810. The van der Waals surface area contributed by atoms with E-state index in [0.717, 1.165) is 70.8 Å². The summed E-state index contributed by atoms with van der Waals surface area (Å²) in [7, 11) is 0. The van der Waals surface area contributed by atoms with Crippen LogP contribution in [0.15, 0.2) is 0 Å². The maximum Gasteiger partial charge on any atom is 0.320 e. The van der Waals surface area contributed by atoms with E-state index in [1.54, 1.807) is 0 Å². The van der Waals surface area contributed by atoms with Gasteiger partial charge in [-0.1, -0.05) is 0 Å². The highest BCUT2D eigenvalue weighted by atomic mass is 16.6. The molecule has 22 heavy (non-hydrogen) atoms. The van der Waals surface area contributed by atoms with Crippen molar-refractivity contribution in [1.82, 2.24) is 9.80 Å². The lowest BCUT2D eigenvalue weighted by Gasteiger charge is -2.41. The van der Waals surface area contributed by atoms with Gasteiger partial charge < -0.3 is 19.3 Å². The third kappa shape index (κ3) is 3.11. The molecule has 124 valence electrons. The van der Waals surface area contributed by atoms with Gasteiger partial charge in [0.2, 0.25) is 0 Å². The van der Waals surface area contributed by atoms with E-state index in [9.17, 15) is 4.79 Å². The Labute approximate surface area is 132 Å². The van der Waals surface area contributed by atoms with Crippen LogP contribution < -0.4 is 0 Å². The molecule has 0 aromatic rings. The summed E-state index contributed by atoms with van der Waals surface area (Å²) in [5, 5.41) is 0. The van der Waals surface area contributed by atoms with E-state index in [4.69, 9.17) is 9.47 Å². The van der Waals surface area contributed by atoms with Gasteiger partial charge >= 0.3 is 6.03 Å². The van der Waals surface area contributed by atoms with Gasteiger partial charge in [-0.15, -0.1) is 0 Å². The van der Waals surface area contributed by atoms with Crippen LogP contribution in [0.3, 0.4) is 0 Å². The zero-order chi connectivity index (χ0) is 15.0. The number of nitrogens with zero attached hydrogens (tertiary/aromatic N) is 2. The molecule has 0 radical (unpaired) electrons. The summed E-state index contributed by atoms with van der Waals surface area (Å²) in [5.74, 6) is 0.802. The molecule has 4 rings (SSSR count). The minimum absolute atomic E-state index is 0.137. The maximum absolute atomic E-state index is 12.6. The second-order valence-electron chi connectivity index (χ2n) is 7.60. The van der Waals surface area contributed by atoms with E-state index in [0.29, 0.717) is 6.61 Å². The molecular weight excluding hydrogens is 280 g/mol. The molecular formula is C17H28N2O3. The first-order chi connectivity index (χ1) is 10.7. The van der Waals surface area contributed by atoms with Gasteiger partial charge in [-0.2, -0.15) is 0 Å². The second-order valence-corrected chi connectivity index (χ2v) is 7.60. The van der Waals surface area contributed by atoms with Crippen LogP contribution in [0, 0.1) is 5.92 Å². The molecule has 3 heterocycles. The molecule has 2 atom stereocenters. The molecule has 1 saturated carbocycles. The van der Waals surface area contributed by atoms with Crippen LogP contribution in [0.2, 0.25) is 0 Å². The Balaban J connectivity index is 1.32. The quantitative estimate of drug-likeness (QED) is 0.803. The van der Waals surface area contributed by atoms with Gasteiger partial charge in [0.25, 0.3) is 0 Å². The average molecular weight is 308 g/mol. The lowest BCUT2D eigenvalue weighted by molar-refractivity contribution is -0.0454. The molecule has 2 amide bonds. The number of hydrogen-bond acceptors (Lipinski definition) is 3. The number of piperidine rings is 1. The van der Waals surface area contributed by atoms with Gasteiger partial charge in [0.15, 0.2) is 0 Å². The summed E-state index contributed by atoms with van der Waals surface area (Å²) in [6, 6.07) is 0.225. The number of ether oxygens (including phenoxy) is 2. The summed E-state index contributed by atoms with van der Waals surface area (Å²) in [5.41, 5.74) is -0.137. The minimum Gasteiger partial charge on any atom is -0.375 e. The lowest BCUT2D eigenvalue weighted by atomic mass is 9.89. The van der Waals surface area contributed by atoms with Crippen molar-refractivity contribution in [3.8, 4) is 0 Å². The largest absolute Gasteiger partial charge is 0.375 e. The second kappa shape index (κ2) is 6.00. The third-order valence-corrected chi connectivity index (χ3v) is 5.63. The van der Waals surface area contributed by atoms with E-state index in [2.05, 4.69) is 0 Å². The molecule has 1 aliphatic carbocycles. The molecule has 5 nitrogen and oxygen atoms in total. The Kier molecular flexibility index (Phi) is 4.03. The molecule has 0 bridgehead atoms. The molecule has 0 aromatic heterocycles. The number of amides is 2. The maximum atomic E-state index is 12.6. The highest BCUT2D eigenvalue weighted by Gasteiger charge is 2.45. The molecule has 5 heteroatoms. The van der Waals surface area contributed by atoms with E-state index < -0.39 is 0 Å². The summed E-state index contributed by atoms with van der Waals surface area (Å²) in [4.78, 5) is 16.6. The zero-order valence-corrected chi connectivity index (χ0v) is 13.5. The van der Waals surface area contributed by atoms with E-state index in [1.165, 1.54) is 12.8 Å². The van der Waals surface area contributed by atoms with Gasteiger partial charge in [-0.3, -0.25) is 0 Å².